The summed E-state index contributed by atoms with van der Waals surface area (Å²) in [6, 6.07) is 6.89. The molecule has 1 aromatic rings. The molecular weight excluding hydrogens is 460 g/mol. The van der Waals surface area contributed by atoms with Crippen LogP contribution in [0.3, 0.4) is 0 Å². The molecule has 0 aliphatic rings. The van der Waals surface area contributed by atoms with E-state index in [9.17, 15) is 24.0 Å². The van der Waals surface area contributed by atoms with Gasteiger partial charge in [0.1, 0.15) is 12.6 Å². The minimum atomic E-state index is -1.23. The maximum absolute atomic E-state index is 12.3. The number of nitrogens with two attached hydrogens (primary N) is 3. The third-order valence-electron chi connectivity index (χ3n) is 4.52. The number of carbonyl (C=O) groups excluding carboxylic acids is 4. The molecule has 1 aromatic carbocycles. The maximum Gasteiger partial charge on any atom is 0.322 e. The fraction of sp³-hybridized carbons (Fsp3) is 0.429. The van der Waals surface area contributed by atoms with E-state index in [1.54, 1.807) is 30.3 Å². The molecule has 14 heteroatoms. The molecule has 0 bridgehead atoms. The van der Waals surface area contributed by atoms with Crippen molar-refractivity contribution in [3.05, 3.63) is 35.9 Å². The number of nitrogens with zero attached hydrogens (tertiary/aromatic N) is 1. The van der Waals surface area contributed by atoms with Gasteiger partial charge in [-0.15, -0.1) is 0 Å². The number of aliphatic imine (C=N–C) groups is 1. The largest absolute Gasteiger partial charge is 0.480 e. The van der Waals surface area contributed by atoms with Gasteiger partial charge in [0.25, 0.3) is 0 Å². The molecule has 192 valence electrons. The molecule has 0 spiro atoms. The summed E-state index contributed by atoms with van der Waals surface area (Å²) in [7, 11) is 0. The lowest BCUT2D eigenvalue weighted by Crippen LogP contribution is -2.52. The highest BCUT2D eigenvalue weighted by molar-refractivity contribution is 5.92. The van der Waals surface area contributed by atoms with E-state index in [4.69, 9.17) is 22.3 Å². The zero-order valence-electron chi connectivity index (χ0n) is 19.2. The predicted octanol–water partition coefficient (Wildman–Crippen LogP) is -3.47. The van der Waals surface area contributed by atoms with Crippen LogP contribution in [0.5, 0.6) is 0 Å². The molecule has 0 saturated heterocycles. The molecule has 0 aliphatic carbocycles. The van der Waals surface area contributed by atoms with Crippen molar-refractivity contribution < 1.29 is 29.1 Å². The number of benzene rings is 1. The van der Waals surface area contributed by atoms with Gasteiger partial charge in [0.15, 0.2) is 5.96 Å². The van der Waals surface area contributed by atoms with E-state index in [0.29, 0.717) is 19.4 Å². The Bertz CT molecular complexity index is 904. The number of amides is 4. The minimum Gasteiger partial charge on any atom is -0.480 e. The summed E-state index contributed by atoms with van der Waals surface area (Å²) in [4.78, 5) is 63.0. The van der Waals surface area contributed by atoms with Gasteiger partial charge in [0, 0.05) is 13.0 Å². The van der Waals surface area contributed by atoms with Crippen molar-refractivity contribution in [1.29, 1.82) is 0 Å². The van der Waals surface area contributed by atoms with Crippen LogP contribution in [0.2, 0.25) is 0 Å². The average Bonchev–Trinajstić information content (AvgIpc) is 2.82. The number of hydrogen-bond donors (Lipinski definition) is 8. The van der Waals surface area contributed by atoms with E-state index in [0.717, 1.165) is 5.56 Å². The van der Waals surface area contributed by atoms with Crippen LogP contribution in [0, 0.1) is 0 Å². The SMILES string of the molecule is NC(N)=NCCC[C@H](N)C(=O)NCC(=O)NCC(=O)N[C@@H](Cc1ccccc1)C(=O)NCC(=O)O. The van der Waals surface area contributed by atoms with E-state index in [-0.39, 0.29) is 12.4 Å². The number of hydrogen-bond acceptors (Lipinski definition) is 7. The first-order chi connectivity index (χ1) is 16.6. The third kappa shape index (κ3) is 13.2. The van der Waals surface area contributed by atoms with Crippen molar-refractivity contribution in [2.75, 3.05) is 26.2 Å². The van der Waals surface area contributed by atoms with Gasteiger partial charge >= 0.3 is 5.97 Å². The first-order valence-electron chi connectivity index (χ1n) is 10.8. The number of carboxylic acid groups (broad SMARTS) is 1. The second kappa shape index (κ2) is 15.6. The summed E-state index contributed by atoms with van der Waals surface area (Å²) in [5.74, 6) is -3.84. The first-order valence-corrected chi connectivity index (χ1v) is 10.8. The van der Waals surface area contributed by atoms with Crippen molar-refractivity contribution in [2.24, 2.45) is 22.2 Å². The Morgan fingerprint density at radius 1 is 0.886 bits per heavy atom. The number of guanidine groups is 1. The van der Waals surface area contributed by atoms with Crippen LogP contribution in [-0.4, -0.2) is 78.9 Å². The van der Waals surface area contributed by atoms with Crippen molar-refractivity contribution >= 4 is 35.6 Å². The molecule has 4 amide bonds. The number of rotatable bonds is 15. The molecule has 11 N–H and O–H groups in total. The summed E-state index contributed by atoms with van der Waals surface area (Å²) >= 11 is 0. The molecule has 0 aromatic heterocycles. The van der Waals surface area contributed by atoms with E-state index in [1.807, 2.05) is 0 Å². The lowest BCUT2D eigenvalue weighted by molar-refractivity contribution is -0.138. The Morgan fingerprint density at radius 3 is 2.14 bits per heavy atom. The Kier molecular flexibility index (Phi) is 12.9. The fourth-order valence-corrected chi connectivity index (χ4v) is 2.78. The number of aliphatic carboxylic acids is 1. The molecule has 0 radical (unpaired) electrons. The van der Waals surface area contributed by atoms with Crippen LogP contribution in [0.25, 0.3) is 0 Å². The van der Waals surface area contributed by atoms with Gasteiger partial charge in [-0.05, 0) is 18.4 Å². The van der Waals surface area contributed by atoms with Crippen LogP contribution in [0.4, 0.5) is 0 Å². The Morgan fingerprint density at radius 2 is 1.51 bits per heavy atom. The molecule has 0 heterocycles. The van der Waals surface area contributed by atoms with Crippen molar-refractivity contribution in [3.63, 3.8) is 0 Å². The van der Waals surface area contributed by atoms with E-state index in [1.165, 1.54) is 0 Å². The van der Waals surface area contributed by atoms with Crippen LogP contribution >= 0.6 is 0 Å². The summed E-state index contributed by atoms with van der Waals surface area (Å²) in [5, 5.41) is 18.1. The molecule has 35 heavy (non-hydrogen) atoms. The van der Waals surface area contributed by atoms with Gasteiger partial charge in [-0.25, -0.2) is 0 Å². The third-order valence-corrected chi connectivity index (χ3v) is 4.52. The summed E-state index contributed by atoms with van der Waals surface area (Å²) in [6.45, 7) is -1.15. The Labute approximate surface area is 202 Å². The van der Waals surface area contributed by atoms with Gasteiger partial charge in [0.2, 0.25) is 23.6 Å². The van der Waals surface area contributed by atoms with Crippen molar-refractivity contribution in [3.8, 4) is 0 Å². The molecule has 14 nitrogen and oxygen atoms in total. The lowest BCUT2D eigenvalue weighted by atomic mass is 10.1. The number of carbonyl (C=O) groups is 5. The highest BCUT2D eigenvalue weighted by atomic mass is 16.4. The smallest absolute Gasteiger partial charge is 0.322 e. The van der Waals surface area contributed by atoms with Crippen LogP contribution in [0.15, 0.2) is 35.3 Å². The molecular formula is C21H32N8O6. The van der Waals surface area contributed by atoms with Gasteiger partial charge in [0.05, 0.1) is 19.1 Å². The molecule has 0 aliphatic heterocycles. The van der Waals surface area contributed by atoms with Crippen molar-refractivity contribution in [2.45, 2.75) is 31.3 Å². The number of nitrogens with one attached hydrogen (secondary N) is 4. The second-order valence-electron chi connectivity index (χ2n) is 7.47. The highest BCUT2D eigenvalue weighted by Gasteiger charge is 2.22. The summed E-state index contributed by atoms with van der Waals surface area (Å²) in [5.41, 5.74) is 16.9. The first kappa shape index (κ1) is 28.8. The second-order valence-corrected chi connectivity index (χ2v) is 7.47. The van der Waals surface area contributed by atoms with E-state index >= 15 is 0 Å². The normalized spacial score (nSPS) is 11.9. The number of carboxylic acids is 1. The van der Waals surface area contributed by atoms with Crippen LogP contribution in [-0.2, 0) is 30.4 Å². The van der Waals surface area contributed by atoms with E-state index in [2.05, 4.69) is 26.3 Å². The zero-order valence-corrected chi connectivity index (χ0v) is 19.2. The molecule has 1 rings (SSSR count). The molecule has 0 fully saturated rings. The average molecular weight is 493 g/mol. The monoisotopic (exact) mass is 492 g/mol. The highest BCUT2D eigenvalue weighted by Crippen LogP contribution is 2.03. The maximum atomic E-state index is 12.3. The molecule has 0 unspecified atom stereocenters. The van der Waals surface area contributed by atoms with Crippen molar-refractivity contribution in [1.82, 2.24) is 21.3 Å². The Balaban J connectivity index is 2.47. The fourth-order valence-electron chi connectivity index (χ4n) is 2.78. The Hall–Kier alpha value is -4.20. The van der Waals surface area contributed by atoms with E-state index < -0.39 is 61.3 Å². The lowest BCUT2D eigenvalue weighted by Gasteiger charge is -2.18. The minimum absolute atomic E-state index is 0.0593. The topological polar surface area (TPSA) is 244 Å². The van der Waals surface area contributed by atoms with Gasteiger partial charge in [-0.3, -0.25) is 29.0 Å². The van der Waals surface area contributed by atoms with Gasteiger partial charge in [-0.1, -0.05) is 30.3 Å². The van der Waals surface area contributed by atoms with Crippen LogP contribution < -0.4 is 38.5 Å². The predicted molar refractivity (Wildman–Crippen MR) is 127 cm³/mol. The van der Waals surface area contributed by atoms with Gasteiger partial charge in [-0.2, -0.15) is 0 Å². The quantitative estimate of drug-likeness (QED) is 0.0687. The molecule has 2 atom stereocenters. The summed E-state index contributed by atoms with van der Waals surface area (Å²) < 4.78 is 0. The molecule has 0 saturated carbocycles. The van der Waals surface area contributed by atoms with Crippen LogP contribution in [0.1, 0.15) is 18.4 Å². The van der Waals surface area contributed by atoms with Gasteiger partial charge < -0.3 is 43.6 Å². The standard InChI is InChI=1S/C21H32N8O6/c22-14(7-4-8-25-21(23)24)19(34)27-10-16(30)26-11-17(31)29-15(20(35)28-12-18(32)33)9-13-5-2-1-3-6-13/h1-3,5-6,14-15H,4,7-12,22H2,(H,26,30)(H,27,34)(H,28,35)(H,29,31)(H,32,33)(H4,23,24,25)/t14-,15-/m0/s1. The zero-order chi connectivity index (χ0) is 26.2. The summed E-state index contributed by atoms with van der Waals surface area (Å²) in [6.07, 6.45) is 0.894.